The van der Waals surface area contributed by atoms with E-state index in [9.17, 15) is 29.8 Å². The maximum Gasteiger partial charge on any atom is 0.332 e. The quantitative estimate of drug-likeness (QED) is 0.406. The van der Waals surface area contributed by atoms with Crippen molar-refractivity contribution in [3.05, 3.63) is 62.7 Å². The third-order valence-electron chi connectivity index (χ3n) is 6.55. The van der Waals surface area contributed by atoms with Crippen molar-refractivity contribution in [1.82, 2.24) is 9.80 Å². The number of imide groups is 1. The van der Waals surface area contributed by atoms with Gasteiger partial charge in [-0.05, 0) is 37.1 Å². The summed E-state index contributed by atoms with van der Waals surface area (Å²) in [4.78, 5) is 54.1. The predicted molar refractivity (Wildman–Crippen MR) is 120 cm³/mol. The highest BCUT2D eigenvalue weighted by Crippen LogP contribution is 2.43. The number of amides is 5. The summed E-state index contributed by atoms with van der Waals surface area (Å²) in [5.74, 6) is -0.464. The van der Waals surface area contributed by atoms with E-state index in [2.05, 4.69) is 5.32 Å². The van der Waals surface area contributed by atoms with E-state index in [1.54, 1.807) is 6.92 Å². The van der Waals surface area contributed by atoms with Crippen LogP contribution in [0.1, 0.15) is 17.5 Å². The molecule has 172 valence electrons. The average Bonchev–Trinajstić information content (AvgIpc) is 3.48. The average molecular weight is 481 g/mol. The third-order valence-corrected chi connectivity index (χ3v) is 7.04. The number of carbonyl (C=O) groups excluding carboxylic acids is 3. The first-order valence-electron chi connectivity index (χ1n) is 10.4. The monoisotopic (exact) mass is 480 g/mol. The van der Waals surface area contributed by atoms with Gasteiger partial charge >= 0.3 is 12.1 Å². The fraction of sp³-hybridized carbons (Fsp3) is 0.273. The number of carbonyl (C=O) groups is 3. The summed E-state index contributed by atoms with van der Waals surface area (Å²) in [5.41, 5.74) is 1.09. The minimum Gasteiger partial charge on any atom is -0.317 e. The van der Waals surface area contributed by atoms with Gasteiger partial charge in [-0.2, -0.15) is 5.26 Å². The van der Waals surface area contributed by atoms with Crippen molar-refractivity contribution in [3.63, 3.8) is 0 Å². The molecular weight excluding hydrogens is 464 g/mol. The Morgan fingerprint density at radius 3 is 2.76 bits per heavy atom. The summed E-state index contributed by atoms with van der Waals surface area (Å²) in [6, 6.07) is 7.85. The number of halogens is 1. The number of nitrogens with zero attached hydrogens (tertiary/aromatic N) is 5. The third kappa shape index (κ3) is 3.07. The van der Waals surface area contributed by atoms with Gasteiger partial charge in [0.1, 0.15) is 12.1 Å². The maximum atomic E-state index is 13.4. The fourth-order valence-corrected chi connectivity index (χ4v) is 5.21. The van der Waals surface area contributed by atoms with Gasteiger partial charge in [0.05, 0.1) is 33.3 Å². The van der Waals surface area contributed by atoms with Gasteiger partial charge in [0.15, 0.2) is 0 Å². The molecule has 5 rings (SSSR count). The second kappa shape index (κ2) is 7.71. The van der Waals surface area contributed by atoms with Crippen molar-refractivity contribution in [2.24, 2.45) is 0 Å². The van der Waals surface area contributed by atoms with E-state index in [1.165, 1.54) is 46.2 Å². The normalized spacial score (nSPS) is 22.7. The molecule has 5 amide bonds. The number of non-ortho nitro benzene ring substituents is 1. The number of rotatable bonds is 3. The number of hydrogen-bond acceptors (Lipinski definition) is 6. The molecule has 3 heterocycles. The van der Waals surface area contributed by atoms with Crippen molar-refractivity contribution in [1.29, 1.82) is 5.26 Å². The molecule has 0 aliphatic carbocycles. The first-order valence-corrected chi connectivity index (χ1v) is 10.8. The summed E-state index contributed by atoms with van der Waals surface area (Å²) in [6.07, 6.45) is 0.464. The van der Waals surface area contributed by atoms with Gasteiger partial charge in [0.2, 0.25) is 0 Å². The van der Waals surface area contributed by atoms with Crippen LogP contribution in [0.5, 0.6) is 0 Å². The second-order valence-electron chi connectivity index (χ2n) is 8.34. The van der Waals surface area contributed by atoms with Crippen LogP contribution < -0.4 is 10.2 Å². The van der Waals surface area contributed by atoms with Crippen LogP contribution in [-0.2, 0) is 4.79 Å². The van der Waals surface area contributed by atoms with Gasteiger partial charge in [0, 0.05) is 24.4 Å². The van der Waals surface area contributed by atoms with Crippen LogP contribution >= 0.6 is 11.6 Å². The molecule has 34 heavy (non-hydrogen) atoms. The van der Waals surface area contributed by atoms with Crippen LogP contribution in [0.4, 0.5) is 26.7 Å². The molecule has 12 heteroatoms. The molecule has 0 radical (unpaired) electrons. The number of anilines is 2. The number of piperazine rings is 1. The lowest BCUT2D eigenvalue weighted by Gasteiger charge is -2.34. The first-order chi connectivity index (χ1) is 16.2. The number of hydrogen-bond donors (Lipinski definition) is 1. The number of nitro benzene ring substituents is 1. The van der Waals surface area contributed by atoms with Crippen LogP contribution in [0.15, 0.2) is 36.4 Å². The van der Waals surface area contributed by atoms with E-state index in [-0.39, 0.29) is 34.5 Å². The lowest BCUT2D eigenvalue weighted by atomic mass is 10.1. The molecule has 3 saturated heterocycles. The molecule has 11 nitrogen and oxygen atoms in total. The Hall–Kier alpha value is -4.17. The van der Waals surface area contributed by atoms with Gasteiger partial charge in [-0.3, -0.25) is 14.9 Å². The largest absolute Gasteiger partial charge is 0.332 e. The van der Waals surface area contributed by atoms with Gasteiger partial charge in [0.25, 0.3) is 11.6 Å². The van der Waals surface area contributed by atoms with E-state index in [4.69, 9.17) is 11.6 Å². The summed E-state index contributed by atoms with van der Waals surface area (Å²) in [5, 5.41) is 23.0. The SMILES string of the molecule is Cc1c(N2C(=O)[C@@H]3[C@@H]4C[C@@H](CN4C(=O)Nc4cccc([N+](=O)[O-])c4)N3C2=O)ccc(C#N)c1Cl. The molecule has 0 aromatic heterocycles. The summed E-state index contributed by atoms with van der Waals surface area (Å²) in [7, 11) is 0. The number of nitrogens with one attached hydrogen (secondary N) is 1. The highest BCUT2D eigenvalue weighted by Gasteiger charge is 2.63. The standard InChI is InChI=1S/C22H17ClN6O5/c1-11-16(6-5-12(9-24)18(11)23)28-20(30)19-17-8-15(27(19)22(28)32)10-26(17)21(31)25-13-3-2-4-14(7-13)29(33)34/h2-7,15,17,19H,8,10H2,1H3,(H,25,31)/t15-,17-,19-/m0/s1. The van der Waals surface area contributed by atoms with Crippen molar-refractivity contribution in [3.8, 4) is 6.07 Å². The Balaban J connectivity index is 1.39. The first kappa shape index (κ1) is 21.7. The molecule has 3 fully saturated rings. The molecule has 3 aliphatic heterocycles. The van der Waals surface area contributed by atoms with E-state index in [1.807, 2.05) is 6.07 Å². The molecule has 0 saturated carbocycles. The van der Waals surface area contributed by atoms with Gasteiger partial charge < -0.3 is 15.1 Å². The van der Waals surface area contributed by atoms with Crippen molar-refractivity contribution in [2.75, 3.05) is 16.8 Å². The maximum absolute atomic E-state index is 13.4. The predicted octanol–water partition coefficient (Wildman–Crippen LogP) is 3.25. The molecule has 1 N–H and O–H groups in total. The van der Waals surface area contributed by atoms with E-state index < -0.39 is 35.0 Å². The van der Waals surface area contributed by atoms with Gasteiger partial charge in [-0.25, -0.2) is 14.5 Å². The number of nitro groups is 1. The minimum atomic E-state index is -0.837. The number of urea groups is 2. The van der Waals surface area contributed by atoms with Crippen LogP contribution in [0.3, 0.4) is 0 Å². The van der Waals surface area contributed by atoms with Crippen LogP contribution in [0.2, 0.25) is 5.02 Å². The lowest BCUT2D eigenvalue weighted by molar-refractivity contribution is -0.384. The topological polar surface area (TPSA) is 140 Å². The van der Waals surface area contributed by atoms with Gasteiger partial charge in [-0.1, -0.05) is 17.7 Å². The Labute approximate surface area is 198 Å². The lowest BCUT2D eigenvalue weighted by Crippen LogP contribution is -2.55. The van der Waals surface area contributed by atoms with Crippen LogP contribution in [0.25, 0.3) is 0 Å². The zero-order valence-electron chi connectivity index (χ0n) is 17.8. The summed E-state index contributed by atoms with van der Waals surface area (Å²) in [6.45, 7) is 1.87. The number of likely N-dealkylation sites (tertiary alicyclic amines) is 1. The van der Waals surface area contributed by atoms with Crippen molar-refractivity contribution in [2.45, 2.75) is 31.5 Å². The molecular formula is C22H17ClN6O5. The Kier molecular flexibility index (Phi) is 4.91. The molecule has 0 unspecified atom stereocenters. The van der Waals surface area contributed by atoms with E-state index in [0.717, 1.165) is 4.90 Å². The second-order valence-corrected chi connectivity index (χ2v) is 8.72. The van der Waals surface area contributed by atoms with Crippen molar-refractivity contribution >= 4 is 46.6 Å². The molecule has 2 aromatic rings. The molecule has 2 aromatic carbocycles. The Morgan fingerprint density at radius 1 is 1.29 bits per heavy atom. The summed E-state index contributed by atoms with van der Waals surface area (Å²) < 4.78 is 0. The smallest absolute Gasteiger partial charge is 0.317 e. The Bertz CT molecular complexity index is 1320. The fourth-order valence-electron chi connectivity index (χ4n) is 5.01. The zero-order valence-corrected chi connectivity index (χ0v) is 18.5. The molecule has 2 bridgehead atoms. The van der Waals surface area contributed by atoms with Crippen LogP contribution in [0, 0.1) is 28.4 Å². The van der Waals surface area contributed by atoms with E-state index >= 15 is 0 Å². The number of benzene rings is 2. The van der Waals surface area contributed by atoms with Crippen molar-refractivity contribution < 1.29 is 19.3 Å². The number of fused-ring (bicyclic) bond motifs is 5. The van der Waals surface area contributed by atoms with E-state index in [0.29, 0.717) is 17.7 Å². The van der Waals surface area contributed by atoms with Crippen LogP contribution in [-0.4, -0.2) is 57.4 Å². The molecule has 3 atom stereocenters. The molecule has 3 aliphatic rings. The minimum absolute atomic E-state index is 0.157. The number of nitriles is 1. The Morgan fingerprint density at radius 2 is 2.06 bits per heavy atom. The molecule has 0 spiro atoms. The summed E-state index contributed by atoms with van der Waals surface area (Å²) >= 11 is 6.25. The zero-order chi connectivity index (χ0) is 24.3. The highest BCUT2D eigenvalue weighted by atomic mass is 35.5. The van der Waals surface area contributed by atoms with Gasteiger partial charge in [-0.15, -0.1) is 0 Å². The highest BCUT2D eigenvalue weighted by molar-refractivity contribution is 6.33.